The molecule has 1 aliphatic heterocycles. The summed E-state index contributed by atoms with van der Waals surface area (Å²) in [4.78, 5) is 2.68. The van der Waals surface area contributed by atoms with Crippen LogP contribution in [0.4, 0.5) is 0 Å². The minimum Gasteiger partial charge on any atom is -0.462 e. The third kappa shape index (κ3) is 4.22. The van der Waals surface area contributed by atoms with Crippen LogP contribution in [-0.2, 0) is 16.1 Å². The predicted molar refractivity (Wildman–Crippen MR) is 95.0 cm³/mol. The molecule has 2 fully saturated rings. The molecule has 24 heavy (non-hydrogen) atoms. The van der Waals surface area contributed by atoms with E-state index in [-0.39, 0.29) is 0 Å². The van der Waals surface area contributed by atoms with Gasteiger partial charge in [-0.1, -0.05) is 19.3 Å². The van der Waals surface area contributed by atoms with Crippen molar-refractivity contribution in [1.29, 1.82) is 0 Å². The lowest BCUT2D eigenvalue weighted by molar-refractivity contribution is 0.0526. The topological polar surface area (TPSA) is 34.8 Å². The molecule has 0 amide bonds. The zero-order chi connectivity index (χ0) is 16.8. The minimum absolute atomic E-state index is 0.442. The van der Waals surface area contributed by atoms with Crippen molar-refractivity contribution in [1.82, 2.24) is 4.90 Å². The summed E-state index contributed by atoms with van der Waals surface area (Å²) in [6, 6.07) is 4.66. The quantitative estimate of drug-likeness (QED) is 0.698. The Labute approximate surface area is 146 Å². The lowest BCUT2D eigenvalue weighted by Gasteiger charge is -2.41. The first kappa shape index (κ1) is 18.0. The Kier molecular flexibility index (Phi) is 6.37. The van der Waals surface area contributed by atoms with Crippen molar-refractivity contribution in [3.63, 3.8) is 0 Å². The van der Waals surface area contributed by atoms with Gasteiger partial charge in [0.1, 0.15) is 18.1 Å². The van der Waals surface area contributed by atoms with Crippen molar-refractivity contribution in [2.45, 2.75) is 64.0 Å². The second kappa shape index (κ2) is 8.50. The number of hydrogen-bond donors (Lipinski definition) is 0. The first-order chi connectivity index (χ1) is 11.8. The third-order valence-electron chi connectivity index (χ3n) is 5.95. The fourth-order valence-electron chi connectivity index (χ4n) is 4.67. The van der Waals surface area contributed by atoms with Gasteiger partial charge in [-0.15, -0.1) is 0 Å². The predicted octanol–water partition coefficient (Wildman–Crippen LogP) is 4.55. The Balaban J connectivity index is 1.68. The van der Waals surface area contributed by atoms with Gasteiger partial charge < -0.3 is 13.9 Å². The van der Waals surface area contributed by atoms with E-state index in [4.69, 9.17) is 13.9 Å². The Morgan fingerprint density at radius 2 is 1.96 bits per heavy atom. The fourth-order valence-corrected chi connectivity index (χ4v) is 4.67. The SMILES string of the molecule is COCCC1(CN2CCCC2c2ccc(COC)o2)CCCCC1. The maximum atomic E-state index is 6.05. The summed E-state index contributed by atoms with van der Waals surface area (Å²) in [6.45, 7) is 3.84. The van der Waals surface area contributed by atoms with Crippen molar-refractivity contribution in [2.24, 2.45) is 5.41 Å². The van der Waals surface area contributed by atoms with Crippen LogP contribution in [0.3, 0.4) is 0 Å². The zero-order valence-electron chi connectivity index (χ0n) is 15.4. The molecule has 1 aliphatic carbocycles. The van der Waals surface area contributed by atoms with Gasteiger partial charge in [-0.2, -0.15) is 0 Å². The second-order valence-electron chi connectivity index (χ2n) is 7.67. The fraction of sp³-hybridized carbons (Fsp3) is 0.800. The Morgan fingerprint density at radius 1 is 1.12 bits per heavy atom. The Bertz CT molecular complexity index is 493. The molecule has 1 atom stereocenters. The summed E-state index contributed by atoms with van der Waals surface area (Å²) in [7, 11) is 3.54. The van der Waals surface area contributed by atoms with Crippen LogP contribution in [0.2, 0.25) is 0 Å². The molecule has 4 nitrogen and oxygen atoms in total. The number of furan rings is 1. The van der Waals surface area contributed by atoms with E-state index in [1.807, 2.05) is 7.11 Å². The summed E-state index contributed by atoms with van der Waals surface area (Å²) >= 11 is 0. The third-order valence-corrected chi connectivity index (χ3v) is 5.95. The molecule has 0 bridgehead atoms. The van der Waals surface area contributed by atoms with Gasteiger partial charge in [-0.25, -0.2) is 0 Å². The second-order valence-corrected chi connectivity index (χ2v) is 7.67. The first-order valence-electron chi connectivity index (χ1n) is 9.57. The molecular formula is C20H33NO3. The van der Waals surface area contributed by atoms with Gasteiger partial charge in [0.25, 0.3) is 0 Å². The van der Waals surface area contributed by atoms with Crippen LogP contribution in [0.1, 0.15) is 68.9 Å². The highest BCUT2D eigenvalue weighted by Crippen LogP contribution is 2.43. The van der Waals surface area contributed by atoms with E-state index in [1.54, 1.807) is 7.11 Å². The zero-order valence-corrected chi connectivity index (χ0v) is 15.4. The number of methoxy groups -OCH3 is 2. The molecule has 0 radical (unpaired) electrons. The van der Waals surface area contributed by atoms with Crippen LogP contribution < -0.4 is 0 Å². The highest BCUT2D eigenvalue weighted by molar-refractivity contribution is 5.12. The molecule has 1 unspecified atom stereocenters. The summed E-state index contributed by atoms with van der Waals surface area (Å²) in [5.74, 6) is 2.06. The van der Waals surface area contributed by atoms with E-state index in [0.29, 0.717) is 18.1 Å². The van der Waals surface area contributed by atoms with Gasteiger partial charge in [-0.05, 0) is 56.2 Å². The molecule has 136 valence electrons. The molecule has 3 rings (SSSR count). The summed E-state index contributed by atoms with van der Waals surface area (Å²) in [5, 5.41) is 0. The number of likely N-dealkylation sites (tertiary alicyclic amines) is 1. The van der Waals surface area contributed by atoms with Crippen molar-refractivity contribution in [3.05, 3.63) is 23.7 Å². The standard InChI is InChI=1S/C20H33NO3/c1-22-14-12-20(10-4-3-5-11-20)16-21-13-6-7-18(21)19-9-8-17(24-19)15-23-2/h8-9,18H,3-7,10-16H2,1-2H3. The molecule has 0 N–H and O–H groups in total. The molecule has 1 saturated heterocycles. The molecule has 2 aliphatic rings. The lowest BCUT2D eigenvalue weighted by Crippen LogP contribution is -2.39. The monoisotopic (exact) mass is 335 g/mol. The van der Waals surface area contributed by atoms with E-state index in [0.717, 1.165) is 18.1 Å². The first-order valence-corrected chi connectivity index (χ1v) is 9.57. The number of nitrogens with zero attached hydrogens (tertiary/aromatic N) is 1. The Morgan fingerprint density at radius 3 is 2.71 bits per heavy atom. The average molecular weight is 335 g/mol. The van der Waals surface area contributed by atoms with E-state index in [1.165, 1.54) is 64.5 Å². The lowest BCUT2D eigenvalue weighted by atomic mass is 9.71. The Hall–Kier alpha value is -0.840. The molecule has 1 aromatic heterocycles. The highest BCUT2D eigenvalue weighted by atomic mass is 16.5. The van der Waals surface area contributed by atoms with Gasteiger partial charge in [0, 0.05) is 27.4 Å². The van der Waals surface area contributed by atoms with Crippen LogP contribution in [0.5, 0.6) is 0 Å². The molecule has 2 heterocycles. The van der Waals surface area contributed by atoms with Crippen LogP contribution >= 0.6 is 0 Å². The van der Waals surface area contributed by atoms with Crippen LogP contribution in [0, 0.1) is 5.41 Å². The van der Waals surface area contributed by atoms with Crippen molar-refractivity contribution < 1.29 is 13.9 Å². The minimum atomic E-state index is 0.442. The van der Waals surface area contributed by atoms with E-state index < -0.39 is 0 Å². The maximum Gasteiger partial charge on any atom is 0.129 e. The van der Waals surface area contributed by atoms with Crippen molar-refractivity contribution >= 4 is 0 Å². The van der Waals surface area contributed by atoms with Gasteiger partial charge in [-0.3, -0.25) is 4.90 Å². The van der Waals surface area contributed by atoms with Crippen LogP contribution in [0.15, 0.2) is 16.5 Å². The van der Waals surface area contributed by atoms with Gasteiger partial charge in [0.2, 0.25) is 0 Å². The maximum absolute atomic E-state index is 6.05. The van der Waals surface area contributed by atoms with Gasteiger partial charge in [0.15, 0.2) is 0 Å². The summed E-state index contributed by atoms with van der Waals surface area (Å²) < 4.78 is 16.7. The molecule has 1 saturated carbocycles. The smallest absolute Gasteiger partial charge is 0.129 e. The van der Waals surface area contributed by atoms with E-state index in [9.17, 15) is 0 Å². The van der Waals surface area contributed by atoms with Gasteiger partial charge in [0.05, 0.1) is 6.04 Å². The average Bonchev–Trinajstić information content (AvgIpc) is 3.23. The van der Waals surface area contributed by atoms with Crippen LogP contribution in [0.25, 0.3) is 0 Å². The van der Waals surface area contributed by atoms with Crippen LogP contribution in [-0.4, -0.2) is 38.8 Å². The molecule has 4 heteroatoms. The summed E-state index contributed by atoms with van der Waals surface area (Å²) in [6.07, 6.45) is 10.5. The highest BCUT2D eigenvalue weighted by Gasteiger charge is 2.38. The molecule has 1 aromatic rings. The number of rotatable bonds is 8. The molecule has 0 spiro atoms. The van der Waals surface area contributed by atoms with E-state index >= 15 is 0 Å². The van der Waals surface area contributed by atoms with Gasteiger partial charge >= 0.3 is 0 Å². The van der Waals surface area contributed by atoms with Crippen molar-refractivity contribution in [3.8, 4) is 0 Å². The molecular weight excluding hydrogens is 302 g/mol. The van der Waals surface area contributed by atoms with Crippen molar-refractivity contribution in [2.75, 3.05) is 33.9 Å². The molecule has 0 aromatic carbocycles. The summed E-state index contributed by atoms with van der Waals surface area (Å²) in [5.41, 5.74) is 0.443. The number of ether oxygens (including phenoxy) is 2. The van der Waals surface area contributed by atoms with E-state index in [2.05, 4.69) is 17.0 Å². The number of hydrogen-bond acceptors (Lipinski definition) is 4. The largest absolute Gasteiger partial charge is 0.462 e. The normalized spacial score (nSPS) is 24.5.